The van der Waals surface area contributed by atoms with E-state index >= 15 is 0 Å². The van der Waals surface area contributed by atoms with Crippen LogP contribution in [-0.4, -0.2) is 10.7 Å². The van der Waals surface area contributed by atoms with Gasteiger partial charge in [-0.15, -0.1) is 0 Å². The minimum atomic E-state index is -1.11. The van der Waals surface area contributed by atoms with Gasteiger partial charge >= 0.3 is 0 Å². The van der Waals surface area contributed by atoms with Crippen molar-refractivity contribution in [2.24, 2.45) is 17.3 Å². The van der Waals surface area contributed by atoms with Crippen LogP contribution < -0.4 is 0 Å². The van der Waals surface area contributed by atoms with E-state index in [9.17, 15) is 10.4 Å². The average molecular weight is 283 g/mol. The Kier molecular flexibility index (Phi) is 2.89. The number of fused-ring (bicyclic) bond motifs is 4. The zero-order valence-electron chi connectivity index (χ0n) is 13.0. The fourth-order valence-corrected chi connectivity index (χ4v) is 5.74. The van der Waals surface area contributed by atoms with Gasteiger partial charge in [-0.2, -0.15) is 5.26 Å². The van der Waals surface area contributed by atoms with Crippen LogP contribution in [0, 0.1) is 28.6 Å². The Morgan fingerprint density at radius 3 is 2.86 bits per heavy atom. The Hall–Kier alpha value is -1.07. The Morgan fingerprint density at radius 2 is 2.05 bits per heavy atom. The average Bonchev–Trinajstić information content (AvgIpc) is 2.79. The number of hydrogen-bond donors (Lipinski definition) is 1. The van der Waals surface area contributed by atoms with E-state index in [4.69, 9.17) is 0 Å². The van der Waals surface area contributed by atoms with Gasteiger partial charge in [0.1, 0.15) is 0 Å². The van der Waals surface area contributed by atoms with E-state index < -0.39 is 5.60 Å². The van der Waals surface area contributed by atoms with Gasteiger partial charge in [-0.05, 0) is 80.8 Å². The topological polar surface area (TPSA) is 44.0 Å². The van der Waals surface area contributed by atoms with Crippen LogP contribution >= 0.6 is 0 Å². The van der Waals surface area contributed by atoms with E-state index in [2.05, 4.69) is 19.1 Å². The monoisotopic (exact) mass is 283 g/mol. The number of nitriles is 1. The van der Waals surface area contributed by atoms with Gasteiger partial charge in [-0.1, -0.05) is 18.6 Å². The summed E-state index contributed by atoms with van der Waals surface area (Å²) in [6.07, 6.45) is 12.7. The van der Waals surface area contributed by atoms with Crippen LogP contribution in [0.15, 0.2) is 22.8 Å². The fourth-order valence-electron chi connectivity index (χ4n) is 5.74. The lowest BCUT2D eigenvalue weighted by Crippen LogP contribution is -2.48. The summed E-state index contributed by atoms with van der Waals surface area (Å²) in [6, 6.07) is 2.25. The van der Waals surface area contributed by atoms with E-state index in [1.54, 1.807) is 16.7 Å². The summed E-state index contributed by atoms with van der Waals surface area (Å²) >= 11 is 0. The number of rotatable bonds is 0. The summed E-state index contributed by atoms with van der Waals surface area (Å²) in [5.41, 5.74) is 3.66. The molecule has 2 heteroatoms. The molecule has 1 saturated carbocycles. The first-order valence-corrected chi connectivity index (χ1v) is 8.64. The third-order valence-corrected chi connectivity index (χ3v) is 7.08. The van der Waals surface area contributed by atoms with Gasteiger partial charge in [0, 0.05) is 5.41 Å². The molecule has 0 unspecified atom stereocenters. The van der Waals surface area contributed by atoms with Crippen molar-refractivity contribution in [1.82, 2.24) is 0 Å². The zero-order valence-corrected chi connectivity index (χ0v) is 13.0. The van der Waals surface area contributed by atoms with Crippen molar-refractivity contribution in [2.75, 3.05) is 0 Å². The molecule has 0 aromatic carbocycles. The highest BCUT2D eigenvalue weighted by molar-refractivity contribution is 5.44. The second kappa shape index (κ2) is 4.46. The van der Waals surface area contributed by atoms with Gasteiger partial charge in [0.05, 0.1) is 6.07 Å². The van der Waals surface area contributed by atoms with Crippen LogP contribution in [0.4, 0.5) is 0 Å². The van der Waals surface area contributed by atoms with Crippen molar-refractivity contribution >= 4 is 0 Å². The predicted molar refractivity (Wildman–Crippen MR) is 82.3 cm³/mol. The molecule has 0 aromatic rings. The van der Waals surface area contributed by atoms with Gasteiger partial charge < -0.3 is 5.11 Å². The molecule has 4 aliphatic rings. The third kappa shape index (κ3) is 1.67. The molecule has 0 bridgehead atoms. The molecule has 1 fully saturated rings. The smallest absolute Gasteiger partial charge is 0.156 e. The first kappa shape index (κ1) is 13.6. The molecule has 2 nitrogen and oxygen atoms in total. The number of hydrogen-bond acceptors (Lipinski definition) is 2. The molecule has 112 valence electrons. The van der Waals surface area contributed by atoms with Gasteiger partial charge in [0.25, 0.3) is 0 Å². The second-order valence-electron chi connectivity index (χ2n) is 7.83. The molecule has 0 spiro atoms. The maximum Gasteiger partial charge on any atom is 0.156 e. The standard InChI is InChI=1S/C19H25NO/c1-18-10-8-15-14-5-3-2-4-13(14)6-7-16(15)17(18)9-11-19(18,21)12-20/h8,16-17,21H,2-7,9-11H2,1H3/t16-,17+,18+,19+/m1/s1. The summed E-state index contributed by atoms with van der Waals surface area (Å²) < 4.78 is 0. The second-order valence-corrected chi connectivity index (χ2v) is 7.83. The lowest BCUT2D eigenvalue weighted by molar-refractivity contribution is -0.0348. The number of aliphatic hydroxyl groups is 1. The quantitative estimate of drug-likeness (QED) is 0.675. The lowest BCUT2D eigenvalue weighted by atomic mass is 9.56. The molecule has 0 aliphatic heterocycles. The molecule has 0 amide bonds. The molecule has 0 heterocycles. The summed E-state index contributed by atoms with van der Waals surface area (Å²) in [5, 5.41) is 20.3. The highest BCUT2D eigenvalue weighted by Crippen LogP contribution is 2.62. The SMILES string of the molecule is C[C@]12CC=C3C4=C(CCCC4)CC[C@H]3[C@@H]1CC[C@]2(O)C#N. The summed E-state index contributed by atoms with van der Waals surface area (Å²) in [6.45, 7) is 2.16. The van der Waals surface area contributed by atoms with E-state index in [1.807, 2.05) is 0 Å². The van der Waals surface area contributed by atoms with Crippen molar-refractivity contribution in [2.45, 2.75) is 70.3 Å². The maximum absolute atomic E-state index is 10.8. The molecular weight excluding hydrogens is 258 g/mol. The van der Waals surface area contributed by atoms with Crippen LogP contribution in [-0.2, 0) is 0 Å². The van der Waals surface area contributed by atoms with Crippen molar-refractivity contribution < 1.29 is 5.11 Å². The number of allylic oxidation sites excluding steroid dienone is 4. The molecular formula is C19H25NO. The van der Waals surface area contributed by atoms with Crippen LogP contribution in [0.3, 0.4) is 0 Å². The zero-order chi connectivity index (χ0) is 14.7. The lowest BCUT2D eigenvalue weighted by Gasteiger charge is -2.48. The van der Waals surface area contributed by atoms with Crippen LogP contribution in [0.1, 0.15) is 64.7 Å². The first-order valence-electron chi connectivity index (χ1n) is 8.64. The first-order chi connectivity index (χ1) is 10.1. The molecule has 0 aromatic heterocycles. The van der Waals surface area contributed by atoms with Crippen molar-refractivity contribution in [1.29, 1.82) is 5.26 Å². The molecule has 0 radical (unpaired) electrons. The van der Waals surface area contributed by atoms with Crippen LogP contribution in [0.25, 0.3) is 0 Å². The van der Waals surface area contributed by atoms with E-state index in [0.717, 1.165) is 12.8 Å². The van der Waals surface area contributed by atoms with Gasteiger partial charge in [-0.25, -0.2) is 0 Å². The Bertz CT molecular complexity index is 581. The Labute approximate surface area is 127 Å². The minimum absolute atomic E-state index is 0.233. The fraction of sp³-hybridized carbons (Fsp3) is 0.737. The van der Waals surface area contributed by atoms with Crippen molar-refractivity contribution in [3.05, 3.63) is 22.8 Å². The van der Waals surface area contributed by atoms with E-state index in [0.29, 0.717) is 18.3 Å². The number of nitrogens with zero attached hydrogens (tertiary/aromatic N) is 1. The normalized spacial score (nSPS) is 45.3. The van der Waals surface area contributed by atoms with Crippen molar-refractivity contribution in [3.63, 3.8) is 0 Å². The third-order valence-electron chi connectivity index (χ3n) is 7.08. The van der Waals surface area contributed by atoms with E-state index in [-0.39, 0.29) is 5.41 Å². The summed E-state index contributed by atoms with van der Waals surface area (Å²) in [4.78, 5) is 0. The Morgan fingerprint density at radius 1 is 1.24 bits per heavy atom. The molecule has 0 saturated heterocycles. The van der Waals surface area contributed by atoms with Crippen molar-refractivity contribution in [3.8, 4) is 6.07 Å². The van der Waals surface area contributed by atoms with Crippen LogP contribution in [0.2, 0.25) is 0 Å². The molecule has 21 heavy (non-hydrogen) atoms. The highest BCUT2D eigenvalue weighted by atomic mass is 16.3. The molecule has 4 atom stereocenters. The molecule has 4 aliphatic carbocycles. The van der Waals surface area contributed by atoms with Gasteiger partial charge in [0.15, 0.2) is 5.60 Å². The van der Waals surface area contributed by atoms with Gasteiger partial charge in [0.2, 0.25) is 0 Å². The summed E-state index contributed by atoms with van der Waals surface area (Å²) in [7, 11) is 0. The largest absolute Gasteiger partial charge is 0.375 e. The van der Waals surface area contributed by atoms with Crippen LogP contribution in [0.5, 0.6) is 0 Å². The molecule has 4 rings (SSSR count). The Balaban J connectivity index is 1.76. The minimum Gasteiger partial charge on any atom is -0.375 e. The maximum atomic E-state index is 10.8. The highest BCUT2D eigenvalue weighted by Gasteiger charge is 2.60. The summed E-state index contributed by atoms with van der Waals surface area (Å²) in [5.74, 6) is 1.10. The van der Waals surface area contributed by atoms with Gasteiger partial charge in [-0.3, -0.25) is 0 Å². The van der Waals surface area contributed by atoms with E-state index in [1.165, 1.54) is 38.5 Å². The molecule has 1 N–H and O–H groups in total. The predicted octanol–water partition coefficient (Wildman–Crippen LogP) is 4.27.